The van der Waals surface area contributed by atoms with E-state index in [-0.39, 0.29) is 5.38 Å². The molecular formula is C15H25ClN4. The molecule has 2 aromatic rings. The lowest BCUT2D eigenvalue weighted by Gasteiger charge is -2.23. The van der Waals surface area contributed by atoms with Gasteiger partial charge in [0.15, 0.2) is 5.65 Å². The van der Waals surface area contributed by atoms with Crippen LogP contribution in [0.3, 0.4) is 0 Å². The van der Waals surface area contributed by atoms with E-state index in [9.17, 15) is 0 Å². The van der Waals surface area contributed by atoms with Crippen LogP contribution < -0.4 is 0 Å². The highest BCUT2D eigenvalue weighted by Crippen LogP contribution is 2.33. The number of aromatic nitrogens is 4. The molecule has 0 radical (unpaired) electrons. The van der Waals surface area contributed by atoms with Gasteiger partial charge in [-0.1, -0.05) is 27.2 Å². The molecule has 0 spiro atoms. The van der Waals surface area contributed by atoms with E-state index in [1.165, 1.54) is 0 Å². The summed E-state index contributed by atoms with van der Waals surface area (Å²) in [6.07, 6.45) is 2.03. The van der Waals surface area contributed by atoms with Crippen molar-refractivity contribution in [1.82, 2.24) is 19.3 Å². The fraction of sp³-hybridized carbons (Fsp3) is 0.733. The zero-order chi connectivity index (χ0) is 15.0. The minimum atomic E-state index is -0.0985. The SMILES string of the molecule is CCc1nn(C)c2c1nc(C(C)Cl)n2C(C)C(C)CC. The second-order valence-electron chi connectivity index (χ2n) is 5.68. The Labute approximate surface area is 126 Å². The van der Waals surface area contributed by atoms with Gasteiger partial charge < -0.3 is 4.57 Å². The summed E-state index contributed by atoms with van der Waals surface area (Å²) in [5.41, 5.74) is 3.15. The van der Waals surface area contributed by atoms with E-state index in [2.05, 4.69) is 37.4 Å². The number of aryl methyl sites for hydroxylation is 2. The predicted molar refractivity (Wildman–Crippen MR) is 84.3 cm³/mol. The zero-order valence-electron chi connectivity index (χ0n) is 13.3. The van der Waals surface area contributed by atoms with Gasteiger partial charge in [0.05, 0.1) is 11.1 Å². The molecule has 0 aromatic carbocycles. The molecule has 3 unspecified atom stereocenters. The summed E-state index contributed by atoms with van der Waals surface area (Å²) in [6.45, 7) is 10.8. The maximum Gasteiger partial charge on any atom is 0.158 e. The highest BCUT2D eigenvalue weighted by molar-refractivity contribution is 6.20. The maximum absolute atomic E-state index is 6.36. The number of hydrogen-bond acceptors (Lipinski definition) is 2. The van der Waals surface area contributed by atoms with Crippen LogP contribution in [0.2, 0.25) is 0 Å². The summed E-state index contributed by atoms with van der Waals surface area (Å²) in [4.78, 5) is 4.79. The lowest BCUT2D eigenvalue weighted by molar-refractivity contribution is 0.365. The van der Waals surface area contributed by atoms with Crippen molar-refractivity contribution in [3.8, 4) is 0 Å². The molecular weight excluding hydrogens is 272 g/mol. The Bertz CT molecular complexity index is 597. The molecule has 112 valence electrons. The summed E-state index contributed by atoms with van der Waals surface area (Å²) in [5, 5.41) is 4.49. The van der Waals surface area contributed by atoms with Crippen LogP contribution in [0.5, 0.6) is 0 Å². The molecule has 3 atom stereocenters. The van der Waals surface area contributed by atoms with Gasteiger partial charge in [-0.05, 0) is 26.2 Å². The van der Waals surface area contributed by atoms with E-state index >= 15 is 0 Å². The molecule has 0 aliphatic rings. The second kappa shape index (κ2) is 5.76. The molecule has 2 aromatic heterocycles. The molecule has 0 saturated carbocycles. The minimum Gasteiger partial charge on any atom is -0.309 e. The van der Waals surface area contributed by atoms with Gasteiger partial charge in [0.1, 0.15) is 11.3 Å². The molecule has 0 aliphatic heterocycles. The number of fused-ring (bicyclic) bond motifs is 1. The Morgan fingerprint density at radius 3 is 2.35 bits per heavy atom. The summed E-state index contributed by atoms with van der Waals surface area (Å²) in [7, 11) is 1.99. The average molecular weight is 297 g/mol. The molecule has 0 amide bonds. The van der Waals surface area contributed by atoms with Crippen LogP contribution in [0, 0.1) is 5.92 Å². The van der Waals surface area contributed by atoms with Gasteiger partial charge in [-0.2, -0.15) is 5.10 Å². The van der Waals surface area contributed by atoms with Crippen molar-refractivity contribution in [2.75, 3.05) is 0 Å². The van der Waals surface area contributed by atoms with E-state index < -0.39 is 0 Å². The lowest BCUT2D eigenvalue weighted by Crippen LogP contribution is -2.18. The standard InChI is InChI=1S/C15H25ClN4/c1-7-9(3)11(5)20-14(10(4)16)17-13-12(8-2)18-19(6)15(13)20/h9-11H,7-8H2,1-6H3. The van der Waals surface area contributed by atoms with Crippen LogP contribution in [0.4, 0.5) is 0 Å². The van der Waals surface area contributed by atoms with Crippen molar-refractivity contribution in [2.45, 2.75) is 58.9 Å². The summed E-state index contributed by atoms with van der Waals surface area (Å²) < 4.78 is 4.23. The first kappa shape index (κ1) is 15.4. The third kappa shape index (κ3) is 2.34. The monoisotopic (exact) mass is 296 g/mol. The van der Waals surface area contributed by atoms with Crippen molar-refractivity contribution in [3.05, 3.63) is 11.5 Å². The first-order valence-electron chi connectivity index (χ1n) is 7.50. The molecule has 5 heteroatoms. The quantitative estimate of drug-likeness (QED) is 0.774. The predicted octanol–water partition coefficient (Wildman–Crippen LogP) is 4.24. The Balaban J connectivity index is 2.71. The normalized spacial score (nSPS) is 16.6. The molecule has 4 nitrogen and oxygen atoms in total. The zero-order valence-corrected chi connectivity index (χ0v) is 14.1. The summed E-state index contributed by atoms with van der Waals surface area (Å²) >= 11 is 6.36. The van der Waals surface area contributed by atoms with Crippen LogP contribution in [-0.2, 0) is 13.5 Å². The first-order chi connectivity index (χ1) is 9.42. The third-order valence-electron chi connectivity index (χ3n) is 4.33. The van der Waals surface area contributed by atoms with Crippen molar-refractivity contribution >= 4 is 22.8 Å². The number of alkyl halides is 1. The highest BCUT2D eigenvalue weighted by atomic mass is 35.5. The molecule has 20 heavy (non-hydrogen) atoms. The largest absolute Gasteiger partial charge is 0.309 e. The first-order valence-corrected chi connectivity index (χ1v) is 7.93. The van der Waals surface area contributed by atoms with E-state index in [0.717, 1.165) is 35.5 Å². The molecule has 0 aliphatic carbocycles. The molecule has 0 N–H and O–H groups in total. The second-order valence-corrected chi connectivity index (χ2v) is 6.33. The number of imidazole rings is 1. The van der Waals surface area contributed by atoms with Crippen molar-refractivity contribution in [1.29, 1.82) is 0 Å². The van der Waals surface area contributed by atoms with Gasteiger partial charge >= 0.3 is 0 Å². The summed E-state index contributed by atoms with van der Waals surface area (Å²) in [5.74, 6) is 1.53. The van der Waals surface area contributed by atoms with Crippen molar-refractivity contribution in [3.63, 3.8) is 0 Å². The molecule has 2 rings (SSSR count). The van der Waals surface area contributed by atoms with Gasteiger partial charge in [0.2, 0.25) is 0 Å². The fourth-order valence-electron chi connectivity index (χ4n) is 2.74. The molecule has 0 bridgehead atoms. The van der Waals surface area contributed by atoms with E-state index in [1.807, 2.05) is 18.7 Å². The summed E-state index contributed by atoms with van der Waals surface area (Å²) in [6, 6.07) is 0.362. The Kier molecular flexibility index (Phi) is 4.43. The van der Waals surface area contributed by atoms with Crippen LogP contribution >= 0.6 is 11.6 Å². The fourth-order valence-corrected chi connectivity index (χ4v) is 2.89. The Morgan fingerprint density at radius 1 is 1.20 bits per heavy atom. The van der Waals surface area contributed by atoms with Crippen molar-refractivity contribution < 1.29 is 0 Å². The highest BCUT2D eigenvalue weighted by Gasteiger charge is 2.25. The topological polar surface area (TPSA) is 35.6 Å². The number of halogens is 1. The van der Waals surface area contributed by atoms with Gasteiger partial charge in [0.25, 0.3) is 0 Å². The maximum atomic E-state index is 6.36. The van der Waals surface area contributed by atoms with E-state index in [1.54, 1.807) is 0 Å². The molecule has 0 fully saturated rings. The van der Waals surface area contributed by atoms with Gasteiger partial charge in [0, 0.05) is 13.1 Å². The van der Waals surface area contributed by atoms with E-state index in [4.69, 9.17) is 16.6 Å². The van der Waals surface area contributed by atoms with Gasteiger partial charge in [-0.25, -0.2) is 4.98 Å². The van der Waals surface area contributed by atoms with Gasteiger partial charge in [-0.3, -0.25) is 4.68 Å². The average Bonchev–Trinajstić information content (AvgIpc) is 2.95. The molecule has 2 heterocycles. The number of hydrogen-bond donors (Lipinski definition) is 0. The smallest absolute Gasteiger partial charge is 0.158 e. The van der Waals surface area contributed by atoms with Gasteiger partial charge in [-0.15, -0.1) is 11.6 Å². The Hall–Kier alpha value is -1.03. The molecule has 0 saturated heterocycles. The van der Waals surface area contributed by atoms with E-state index in [0.29, 0.717) is 12.0 Å². The van der Waals surface area contributed by atoms with Crippen LogP contribution in [0.1, 0.15) is 64.0 Å². The number of rotatable bonds is 5. The third-order valence-corrected chi connectivity index (χ3v) is 4.52. The lowest BCUT2D eigenvalue weighted by atomic mass is 10.0. The van der Waals surface area contributed by atoms with Crippen LogP contribution in [0.15, 0.2) is 0 Å². The number of nitrogens with zero attached hydrogens (tertiary/aromatic N) is 4. The minimum absolute atomic E-state index is 0.0985. The van der Waals surface area contributed by atoms with Crippen LogP contribution in [-0.4, -0.2) is 19.3 Å². The van der Waals surface area contributed by atoms with Crippen LogP contribution in [0.25, 0.3) is 11.2 Å². The Morgan fingerprint density at radius 2 is 1.85 bits per heavy atom. The van der Waals surface area contributed by atoms with Crippen molar-refractivity contribution in [2.24, 2.45) is 13.0 Å².